The summed E-state index contributed by atoms with van der Waals surface area (Å²) in [7, 11) is 1.61. The molecule has 1 aliphatic rings. The molecule has 2 heterocycles. The van der Waals surface area contributed by atoms with Gasteiger partial charge < -0.3 is 15.0 Å². The van der Waals surface area contributed by atoms with Crippen LogP contribution in [0.2, 0.25) is 0 Å². The van der Waals surface area contributed by atoms with Crippen LogP contribution in [0.15, 0.2) is 78.4 Å². The largest absolute Gasteiger partial charge is 0.497 e. The zero-order valence-electron chi connectivity index (χ0n) is 18.1. The lowest BCUT2D eigenvalue weighted by Gasteiger charge is -2.28. The van der Waals surface area contributed by atoms with Gasteiger partial charge in [0.2, 0.25) is 0 Å². The highest BCUT2D eigenvalue weighted by molar-refractivity contribution is 6.04. The molecule has 0 spiro atoms. The number of amides is 1. The molecule has 30 heavy (non-hydrogen) atoms. The molecule has 1 amide bonds. The minimum Gasteiger partial charge on any atom is -0.497 e. The number of carbonyl (C=O) groups is 1. The molecule has 154 valence electrons. The molecule has 1 aromatic heterocycles. The molecule has 0 bridgehead atoms. The Morgan fingerprint density at radius 1 is 1.17 bits per heavy atom. The quantitative estimate of drug-likeness (QED) is 0.685. The van der Waals surface area contributed by atoms with E-state index in [0.29, 0.717) is 17.1 Å². The molecule has 2 aromatic rings. The number of aromatic nitrogens is 1. The highest BCUT2D eigenvalue weighted by atomic mass is 16.5. The summed E-state index contributed by atoms with van der Waals surface area (Å²) in [6.45, 7) is 7.76. The van der Waals surface area contributed by atoms with Gasteiger partial charge in [0.05, 0.1) is 7.11 Å². The predicted octanol–water partition coefficient (Wildman–Crippen LogP) is 5.37. The van der Waals surface area contributed by atoms with Gasteiger partial charge >= 0.3 is 0 Å². The van der Waals surface area contributed by atoms with Crippen LogP contribution in [0.1, 0.15) is 30.7 Å². The molecule has 0 saturated carbocycles. The van der Waals surface area contributed by atoms with E-state index in [0.717, 1.165) is 28.1 Å². The summed E-state index contributed by atoms with van der Waals surface area (Å²) in [6, 6.07) is 9.60. The van der Waals surface area contributed by atoms with E-state index >= 15 is 0 Å². The first-order valence-electron chi connectivity index (χ1n) is 9.87. The summed E-state index contributed by atoms with van der Waals surface area (Å²) in [5.74, 6) is 0.509. The Morgan fingerprint density at radius 3 is 2.63 bits per heavy atom. The summed E-state index contributed by atoms with van der Waals surface area (Å²) in [6.07, 6.45) is 11.6. The van der Waals surface area contributed by atoms with E-state index in [9.17, 15) is 4.79 Å². The normalized spacial score (nSPS) is 15.2. The average Bonchev–Trinajstić information content (AvgIpc) is 2.74. The molecule has 0 atom stereocenters. The third-order valence-corrected chi connectivity index (χ3v) is 4.90. The molecule has 0 unspecified atom stereocenters. The lowest BCUT2D eigenvalue weighted by atomic mass is 10.0. The van der Waals surface area contributed by atoms with Crippen molar-refractivity contribution >= 4 is 17.2 Å². The molecular weight excluding hydrogens is 374 g/mol. The summed E-state index contributed by atoms with van der Waals surface area (Å²) in [4.78, 5) is 19.5. The number of allylic oxidation sites excluding steroid dienone is 5. The van der Waals surface area contributed by atoms with Crippen LogP contribution in [0.25, 0.3) is 5.57 Å². The first-order valence-corrected chi connectivity index (χ1v) is 9.87. The number of rotatable bonds is 5. The van der Waals surface area contributed by atoms with Crippen molar-refractivity contribution in [3.63, 3.8) is 0 Å². The van der Waals surface area contributed by atoms with Gasteiger partial charge in [-0.3, -0.25) is 9.78 Å². The fourth-order valence-electron chi connectivity index (χ4n) is 3.42. The van der Waals surface area contributed by atoms with E-state index in [-0.39, 0.29) is 5.91 Å². The van der Waals surface area contributed by atoms with Crippen LogP contribution >= 0.6 is 0 Å². The molecule has 5 heteroatoms. The molecular formula is C25H27N3O2. The summed E-state index contributed by atoms with van der Waals surface area (Å²) in [5.41, 5.74) is 6.13. The van der Waals surface area contributed by atoms with Crippen LogP contribution in [-0.2, 0) is 4.79 Å². The van der Waals surface area contributed by atoms with E-state index in [2.05, 4.69) is 10.3 Å². The maximum Gasteiger partial charge on any atom is 0.272 e. The zero-order chi connectivity index (χ0) is 21.7. The van der Waals surface area contributed by atoms with Gasteiger partial charge in [0.1, 0.15) is 11.4 Å². The van der Waals surface area contributed by atoms with Crippen molar-refractivity contribution in [2.24, 2.45) is 0 Å². The number of hydrogen-bond acceptors (Lipinski definition) is 4. The highest BCUT2D eigenvalue weighted by Crippen LogP contribution is 2.29. The molecule has 3 rings (SSSR count). The molecule has 5 nitrogen and oxygen atoms in total. The molecule has 0 fully saturated rings. The Labute approximate surface area is 178 Å². The van der Waals surface area contributed by atoms with Gasteiger partial charge in [0.15, 0.2) is 0 Å². The summed E-state index contributed by atoms with van der Waals surface area (Å²) < 4.78 is 5.32. The van der Waals surface area contributed by atoms with Crippen LogP contribution in [0.3, 0.4) is 0 Å². The lowest BCUT2D eigenvalue weighted by molar-refractivity contribution is -0.113. The molecule has 0 aliphatic carbocycles. The number of ether oxygens (including phenoxy) is 1. The number of hydrogen-bond donors (Lipinski definition) is 1. The van der Waals surface area contributed by atoms with Gasteiger partial charge in [-0.15, -0.1) is 0 Å². The van der Waals surface area contributed by atoms with Crippen molar-refractivity contribution in [2.75, 3.05) is 12.4 Å². The number of carbonyl (C=O) groups excluding carboxylic acids is 1. The SMILES string of the molecule is C/C=C1/C=CC(c2cccnc2C)=CN1/C(=C\C)C(=O)Nc1cc(C)cc(OC)c1. The first kappa shape index (κ1) is 21.1. The summed E-state index contributed by atoms with van der Waals surface area (Å²) in [5, 5.41) is 2.99. The van der Waals surface area contributed by atoms with Crippen molar-refractivity contribution in [3.8, 4) is 5.75 Å². The predicted molar refractivity (Wildman–Crippen MR) is 122 cm³/mol. The highest BCUT2D eigenvalue weighted by Gasteiger charge is 2.21. The number of nitrogens with one attached hydrogen (secondary N) is 1. The van der Waals surface area contributed by atoms with Crippen molar-refractivity contribution in [3.05, 3.63) is 95.2 Å². The zero-order valence-corrected chi connectivity index (χ0v) is 18.1. The molecule has 1 aliphatic heterocycles. The fraction of sp³-hybridized carbons (Fsp3) is 0.200. The standard InChI is InChI=1S/C25H27N3O2/c1-6-21-11-10-19(23-9-8-12-26-18(23)4)16-28(21)24(7-2)25(29)27-20-13-17(3)14-22(15-20)30-5/h6-16H,1-5H3,(H,27,29)/b21-6-,24-7-. The van der Waals surface area contributed by atoms with Gasteiger partial charge in [0.25, 0.3) is 5.91 Å². The van der Waals surface area contributed by atoms with Gasteiger partial charge in [-0.1, -0.05) is 24.3 Å². The maximum absolute atomic E-state index is 13.2. The monoisotopic (exact) mass is 401 g/mol. The second-order valence-corrected chi connectivity index (χ2v) is 7.00. The van der Waals surface area contributed by atoms with Crippen LogP contribution in [0.4, 0.5) is 5.69 Å². The molecule has 0 radical (unpaired) electrons. The smallest absolute Gasteiger partial charge is 0.272 e. The Morgan fingerprint density at radius 2 is 1.97 bits per heavy atom. The number of pyridine rings is 1. The van der Waals surface area contributed by atoms with E-state index < -0.39 is 0 Å². The van der Waals surface area contributed by atoms with Crippen molar-refractivity contribution in [1.29, 1.82) is 0 Å². The van der Waals surface area contributed by atoms with Gasteiger partial charge in [-0.25, -0.2) is 0 Å². The maximum atomic E-state index is 13.2. The number of aryl methyl sites for hydroxylation is 2. The average molecular weight is 402 g/mol. The minimum atomic E-state index is -0.196. The number of anilines is 1. The first-order chi connectivity index (χ1) is 14.5. The van der Waals surface area contributed by atoms with E-state index in [4.69, 9.17) is 4.74 Å². The molecule has 0 saturated heterocycles. The Kier molecular flexibility index (Phi) is 6.52. The topological polar surface area (TPSA) is 54.5 Å². The van der Waals surface area contributed by atoms with E-state index in [1.807, 2.05) is 93.4 Å². The van der Waals surface area contributed by atoms with Crippen molar-refractivity contribution in [1.82, 2.24) is 9.88 Å². The van der Waals surface area contributed by atoms with E-state index in [1.165, 1.54) is 0 Å². The van der Waals surface area contributed by atoms with Crippen LogP contribution in [0.5, 0.6) is 5.75 Å². The van der Waals surface area contributed by atoms with Crippen LogP contribution < -0.4 is 10.1 Å². The van der Waals surface area contributed by atoms with Crippen LogP contribution in [0, 0.1) is 13.8 Å². The second kappa shape index (κ2) is 9.27. The number of methoxy groups -OCH3 is 1. The number of benzene rings is 1. The minimum absolute atomic E-state index is 0.196. The third kappa shape index (κ3) is 4.51. The Bertz CT molecular complexity index is 1080. The van der Waals surface area contributed by atoms with Crippen LogP contribution in [-0.4, -0.2) is 22.9 Å². The van der Waals surface area contributed by atoms with Crippen molar-refractivity contribution < 1.29 is 9.53 Å². The molecule has 1 aromatic carbocycles. The third-order valence-electron chi connectivity index (χ3n) is 4.90. The lowest BCUT2D eigenvalue weighted by Crippen LogP contribution is -2.27. The fourth-order valence-corrected chi connectivity index (χ4v) is 3.42. The van der Waals surface area contributed by atoms with Gasteiger partial charge in [0, 0.05) is 46.7 Å². The Hall–Kier alpha value is -3.60. The Balaban J connectivity index is 1.94. The molecule has 1 N–H and O–H groups in total. The summed E-state index contributed by atoms with van der Waals surface area (Å²) >= 11 is 0. The van der Waals surface area contributed by atoms with E-state index in [1.54, 1.807) is 13.3 Å². The van der Waals surface area contributed by atoms with Crippen molar-refractivity contribution in [2.45, 2.75) is 27.7 Å². The second-order valence-electron chi connectivity index (χ2n) is 7.00. The van der Waals surface area contributed by atoms with Gasteiger partial charge in [-0.2, -0.15) is 0 Å². The number of nitrogens with zero attached hydrogens (tertiary/aromatic N) is 2. The van der Waals surface area contributed by atoms with Gasteiger partial charge in [-0.05, 0) is 57.5 Å².